The van der Waals surface area contributed by atoms with Gasteiger partial charge in [-0.25, -0.2) is 0 Å². The molecule has 0 unspecified atom stereocenters. The van der Waals surface area contributed by atoms with E-state index >= 15 is 0 Å². The molecule has 0 spiro atoms. The first kappa shape index (κ1) is 18.0. The second-order valence-corrected chi connectivity index (χ2v) is 6.38. The third-order valence-electron chi connectivity index (χ3n) is 4.55. The van der Waals surface area contributed by atoms with Crippen LogP contribution in [0.15, 0.2) is 48.5 Å². The molecule has 3 rings (SSSR count). The second kappa shape index (κ2) is 8.07. The summed E-state index contributed by atoms with van der Waals surface area (Å²) in [4.78, 5) is 25.0. The molecule has 0 bridgehead atoms. The summed E-state index contributed by atoms with van der Waals surface area (Å²) < 4.78 is 5.41. The Morgan fingerprint density at radius 1 is 1.19 bits per heavy atom. The van der Waals surface area contributed by atoms with Crippen LogP contribution in [0.25, 0.3) is 0 Å². The van der Waals surface area contributed by atoms with E-state index in [1.54, 1.807) is 19.1 Å². The van der Waals surface area contributed by atoms with E-state index in [1.165, 1.54) is 6.07 Å². The molecule has 0 aromatic heterocycles. The Balaban J connectivity index is 1.90. The predicted molar refractivity (Wildman–Crippen MR) is 97.2 cm³/mol. The molecular formula is C19H22N3O4+. The standard InChI is InChI=1S/C19H21N3O4/c1-14-7-8-16(17(13-14)22(24)25)20-19(23)18(15-5-3-2-4-6-15)21-9-11-26-12-10-21/h2-8,13,18H,9-12H2,1H3,(H,20,23)/p+1/t18-/m1/s1. The predicted octanol–water partition coefficient (Wildman–Crippen LogP) is 1.50. The van der Waals surface area contributed by atoms with Gasteiger partial charge in [-0.15, -0.1) is 0 Å². The topological polar surface area (TPSA) is 85.9 Å². The first-order valence-corrected chi connectivity index (χ1v) is 8.59. The van der Waals surface area contributed by atoms with E-state index in [4.69, 9.17) is 4.74 Å². The lowest BCUT2D eigenvalue weighted by Crippen LogP contribution is -3.15. The van der Waals surface area contributed by atoms with Gasteiger partial charge in [0.15, 0.2) is 6.04 Å². The molecule has 2 aromatic rings. The molecule has 26 heavy (non-hydrogen) atoms. The maximum atomic E-state index is 13.1. The third-order valence-corrected chi connectivity index (χ3v) is 4.55. The Morgan fingerprint density at radius 3 is 2.54 bits per heavy atom. The number of hydrogen-bond acceptors (Lipinski definition) is 4. The number of nitrogens with one attached hydrogen (secondary N) is 2. The molecule has 0 saturated carbocycles. The Morgan fingerprint density at radius 2 is 1.88 bits per heavy atom. The molecule has 1 aliphatic rings. The fourth-order valence-electron chi connectivity index (χ4n) is 3.24. The minimum absolute atomic E-state index is 0.0952. The van der Waals surface area contributed by atoms with E-state index in [0.29, 0.717) is 26.3 Å². The van der Waals surface area contributed by atoms with Crippen molar-refractivity contribution in [3.63, 3.8) is 0 Å². The van der Waals surface area contributed by atoms with Crippen molar-refractivity contribution in [1.82, 2.24) is 0 Å². The van der Waals surface area contributed by atoms with Gasteiger partial charge in [0.05, 0.1) is 18.1 Å². The van der Waals surface area contributed by atoms with Gasteiger partial charge < -0.3 is 15.0 Å². The van der Waals surface area contributed by atoms with Crippen molar-refractivity contribution in [2.24, 2.45) is 0 Å². The number of aryl methyl sites for hydroxylation is 1. The van der Waals surface area contributed by atoms with Crippen LogP contribution >= 0.6 is 0 Å². The SMILES string of the molecule is Cc1ccc(NC(=O)[C@@H](c2ccccc2)[NH+]2CCOCC2)c([N+](=O)[O-])c1. The number of amides is 1. The zero-order valence-electron chi connectivity index (χ0n) is 14.6. The minimum atomic E-state index is -0.471. The molecule has 1 amide bonds. The summed E-state index contributed by atoms with van der Waals surface area (Å²) in [5.41, 5.74) is 1.78. The molecule has 0 radical (unpaired) electrons. The smallest absolute Gasteiger partial charge is 0.293 e. The third kappa shape index (κ3) is 4.07. The number of carbonyl (C=O) groups excluding carboxylic acids is 1. The van der Waals surface area contributed by atoms with Crippen LogP contribution in [0.5, 0.6) is 0 Å². The Labute approximate surface area is 151 Å². The van der Waals surface area contributed by atoms with Gasteiger partial charge in [-0.1, -0.05) is 36.4 Å². The average Bonchev–Trinajstić information content (AvgIpc) is 2.65. The van der Waals surface area contributed by atoms with Crippen molar-refractivity contribution in [2.75, 3.05) is 31.6 Å². The normalized spacial score (nSPS) is 16.0. The van der Waals surface area contributed by atoms with Crippen molar-refractivity contribution in [3.8, 4) is 0 Å². The summed E-state index contributed by atoms with van der Waals surface area (Å²) >= 11 is 0. The van der Waals surface area contributed by atoms with Gasteiger partial charge >= 0.3 is 0 Å². The molecule has 2 N–H and O–H groups in total. The summed E-state index contributed by atoms with van der Waals surface area (Å²) in [7, 11) is 0. The number of rotatable bonds is 5. The summed E-state index contributed by atoms with van der Waals surface area (Å²) in [6, 6.07) is 13.9. The highest BCUT2D eigenvalue weighted by molar-refractivity contribution is 5.96. The molecule has 136 valence electrons. The number of morpholine rings is 1. The first-order chi connectivity index (χ1) is 12.6. The van der Waals surface area contributed by atoms with Crippen LogP contribution < -0.4 is 10.2 Å². The number of carbonyl (C=O) groups is 1. The van der Waals surface area contributed by atoms with Crippen molar-refractivity contribution >= 4 is 17.3 Å². The molecule has 0 aliphatic carbocycles. The Bertz CT molecular complexity index is 789. The minimum Gasteiger partial charge on any atom is -0.370 e. The van der Waals surface area contributed by atoms with Crippen LogP contribution in [-0.4, -0.2) is 37.1 Å². The molecule has 1 heterocycles. The van der Waals surface area contributed by atoms with E-state index < -0.39 is 11.0 Å². The highest BCUT2D eigenvalue weighted by atomic mass is 16.6. The summed E-state index contributed by atoms with van der Waals surface area (Å²) in [5.74, 6) is -0.250. The first-order valence-electron chi connectivity index (χ1n) is 8.59. The van der Waals surface area contributed by atoms with Crippen LogP contribution in [0.1, 0.15) is 17.2 Å². The number of ether oxygens (including phenoxy) is 1. The molecule has 7 heteroatoms. The van der Waals surface area contributed by atoms with Gasteiger partial charge in [-0.2, -0.15) is 0 Å². The van der Waals surface area contributed by atoms with E-state index in [9.17, 15) is 14.9 Å². The van der Waals surface area contributed by atoms with Gasteiger partial charge in [0.2, 0.25) is 0 Å². The molecule has 1 fully saturated rings. The van der Waals surface area contributed by atoms with Crippen LogP contribution in [0.3, 0.4) is 0 Å². The number of anilines is 1. The van der Waals surface area contributed by atoms with Crippen molar-refractivity contribution in [3.05, 3.63) is 69.8 Å². The fourth-order valence-corrected chi connectivity index (χ4v) is 3.24. The Hall–Kier alpha value is -2.77. The number of nitro groups is 1. The zero-order chi connectivity index (χ0) is 18.5. The lowest BCUT2D eigenvalue weighted by molar-refractivity contribution is -0.929. The second-order valence-electron chi connectivity index (χ2n) is 6.38. The molecule has 1 aliphatic heterocycles. The number of hydrogen-bond donors (Lipinski definition) is 2. The lowest BCUT2D eigenvalue weighted by Gasteiger charge is -2.30. The van der Waals surface area contributed by atoms with E-state index in [-0.39, 0.29) is 17.3 Å². The number of quaternary nitrogens is 1. The van der Waals surface area contributed by atoms with E-state index in [1.807, 2.05) is 30.3 Å². The molecule has 7 nitrogen and oxygen atoms in total. The summed E-state index contributed by atoms with van der Waals surface area (Å²) in [6.45, 7) is 4.39. The van der Waals surface area contributed by atoms with Crippen molar-refractivity contribution < 1.29 is 19.4 Å². The van der Waals surface area contributed by atoms with Crippen LogP contribution in [0.2, 0.25) is 0 Å². The largest absolute Gasteiger partial charge is 0.370 e. The maximum absolute atomic E-state index is 13.1. The average molecular weight is 356 g/mol. The van der Waals surface area contributed by atoms with Gasteiger partial charge in [-0.05, 0) is 18.6 Å². The van der Waals surface area contributed by atoms with Crippen LogP contribution in [0, 0.1) is 17.0 Å². The maximum Gasteiger partial charge on any atom is 0.293 e. The van der Waals surface area contributed by atoms with Crippen LogP contribution in [0.4, 0.5) is 11.4 Å². The molecule has 1 atom stereocenters. The summed E-state index contributed by atoms with van der Waals surface area (Å²) in [5, 5.41) is 14.1. The number of benzene rings is 2. The van der Waals surface area contributed by atoms with Gasteiger partial charge in [0.1, 0.15) is 18.8 Å². The Kier molecular flexibility index (Phi) is 5.60. The summed E-state index contributed by atoms with van der Waals surface area (Å²) in [6.07, 6.45) is 0. The fraction of sp³-hybridized carbons (Fsp3) is 0.316. The monoisotopic (exact) mass is 356 g/mol. The van der Waals surface area contributed by atoms with Gasteiger partial charge in [-0.3, -0.25) is 14.9 Å². The quantitative estimate of drug-likeness (QED) is 0.628. The zero-order valence-corrected chi connectivity index (χ0v) is 14.6. The van der Waals surface area contributed by atoms with E-state index in [0.717, 1.165) is 16.0 Å². The van der Waals surface area contributed by atoms with E-state index in [2.05, 4.69) is 5.32 Å². The lowest BCUT2D eigenvalue weighted by atomic mass is 10.0. The van der Waals surface area contributed by atoms with Gasteiger partial charge in [0, 0.05) is 11.6 Å². The van der Waals surface area contributed by atoms with Crippen molar-refractivity contribution in [1.29, 1.82) is 0 Å². The number of nitrogens with zero attached hydrogens (tertiary/aromatic N) is 1. The number of nitro benzene ring substituents is 1. The highest BCUT2D eigenvalue weighted by Gasteiger charge is 2.33. The van der Waals surface area contributed by atoms with Gasteiger partial charge in [0.25, 0.3) is 11.6 Å². The molecule has 2 aromatic carbocycles. The van der Waals surface area contributed by atoms with Crippen LogP contribution in [-0.2, 0) is 9.53 Å². The molecule has 1 saturated heterocycles. The molecular weight excluding hydrogens is 334 g/mol. The van der Waals surface area contributed by atoms with Crippen molar-refractivity contribution in [2.45, 2.75) is 13.0 Å². The highest BCUT2D eigenvalue weighted by Crippen LogP contribution is 2.26.